The highest BCUT2D eigenvalue weighted by molar-refractivity contribution is 6.98. The number of fused-ring (bicyclic) bond motifs is 2. The van der Waals surface area contributed by atoms with Crippen molar-refractivity contribution >= 4 is 30.3 Å². The molecule has 0 bridgehead atoms. The predicted octanol–water partition coefficient (Wildman–Crippen LogP) is 3.97. The van der Waals surface area contributed by atoms with Crippen molar-refractivity contribution < 1.29 is 4.79 Å². The van der Waals surface area contributed by atoms with Crippen LogP contribution in [0, 0.1) is 6.92 Å². The second-order valence-electron chi connectivity index (χ2n) is 8.15. The quantitative estimate of drug-likeness (QED) is 0.773. The summed E-state index contributed by atoms with van der Waals surface area (Å²) in [6, 6.07) is 15.3. The van der Waals surface area contributed by atoms with Crippen LogP contribution in [0.3, 0.4) is 0 Å². The van der Waals surface area contributed by atoms with Gasteiger partial charge in [0.1, 0.15) is 8.07 Å². The summed E-state index contributed by atoms with van der Waals surface area (Å²) in [5.41, 5.74) is 12.0. The van der Waals surface area contributed by atoms with E-state index < -0.39 is 8.07 Å². The van der Waals surface area contributed by atoms with Crippen molar-refractivity contribution in [1.82, 2.24) is 0 Å². The molecule has 1 aliphatic heterocycles. The molecular formula is C25H30N2OSi. The first-order chi connectivity index (χ1) is 13.8. The van der Waals surface area contributed by atoms with Crippen LogP contribution in [0.1, 0.15) is 16.7 Å². The van der Waals surface area contributed by atoms with E-state index in [9.17, 15) is 4.79 Å². The zero-order valence-electron chi connectivity index (χ0n) is 18.2. The standard InChI is InChI=1S/C24H25NOSi.CH5N/c1-16-8-6-7-9-19(16)24-20-12-10-17(25(2)3)14-22(20)27(4,5)23-15-18(26)11-13-21(23)24;1-2/h6-15H,1-5H3;2H2,1H3. The Kier molecular flexibility index (Phi) is 5.78. The van der Waals surface area contributed by atoms with E-state index in [1.54, 1.807) is 6.08 Å². The number of allylic oxidation sites excluding steroid dienone is 5. The van der Waals surface area contributed by atoms with E-state index in [2.05, 4.69) is 87.2 Å². The van der Waals surface area contributed by atoms with Gasteiger partial charge in [0, 0.05) is 19.8 Å². The zero-order chi connectivity index (χ0) is 21.3. The molecule has 2 N–H and O–H groups in total. The summed E-state index contributed by atoms with van der Waals surface area (Å²) < 4.78 is 0. The number of ketones is 1. The van der Waals surface area contributed by atoms with Crippen molar-refractivity contribution in [2.45, 2.75) is 20.0 Å². The largest absolute Gasteiger partial charge is 0.378 e. The number of rotatable bonds is 2. The first kappa shape index (κ1) is 21.0. The molecule has 4 rings (SSSR count). The molecule has 0 radical (unpaired) electrons. The predicted molar refractivity (Wildman–Crippen MR) is 127 cm³/mol. The van der Waals surface area contributed by atoms with Gasteiger partial charge in [0.05, 0.1) is 0 Å². The molecule has 0 amide bonds. The Hall–Kier alpha value is -2.69. The minimum Gasteiger partial charge on any atom is -0.378 e. The molecule has 150 valence electrons. The van der Waals surface area contributed by atoms with Crippen LogP contribution in [-0.4, -0.2) is 35.0 Å². The van der Waals surface area contributed by atoms with Gasteiger partial charge in [-0.2, -0.15) is 0 Å². The topological polar surface area (TPSA) is 46.3 Å². The molecular weight excluding hydrogens is 372 g/mol. The first-order valence-electron chi connectivity index (χ1n) is 9.95. The molecule has 0 fully saturated rings. The van der Waals surface area contributed by atoms with E-state index in [4.69, 9.17) is 0 Å². The summed E-state index contributed by atoms with van der Waals surface area (Å²) in [6.45, 7) is 6.88. The number of hydrogen-bond donors (Lipinski definition) is 1. The van der Waals surface area contributed by atoms with Crippen molar-refractivity contribution in [1.29, 1.82) is 0 Å². The molecule has 2 aromatic carbocycles. The van der Waals surface area contributed by atoms with Crippen molar-refractivity contribution in [3.05, 3.63) is 88.2 Å². The summed E-state index contributed by atoms with van der Waals surface area (Å²) in [5.74, 6) is 0.102. The lowest BCUT2D eigenvalue weighted by Gasteiger charge is -2.38. The van der Waals surface area contributed by atoms with Crippen LogP contribution in [0.5, 0.6) is 0 Å². The number of aryl methyl sites for hydroxylation is 1. The van der Waals surface area contributed by atoms with Gasteiger partial charge in [0.15, 0.2) is 5.78 Å². The minimum atomic E-state index is -1.98. The third-order valence-electron chi connectivity index (χ3n) is 5.81. The van der Waals surface area contributed by atoms with E-state index in [-0.39, 0.29) is 5.78 Å². The smallest absolute Gasteiger partial charge is 0.178 e. The molecule has 2 aromatic rings. The maximum atomic E-state index is 12.2. The lowest BCUT2D eigenvalue weighted by atomic mass is 9.88. The maximum absolute atomic E-state index is 12.2. The maximum Gasteiger partial charge on any atom is 0.178 e. The number of carbonyl (C=O) groups is 1. The second-order valence-corrected chi connectivity index (χ2v) is 12.5. The van der Waals surface area contributed by atoms with Gasteiger partial charge in [-0.3, -0.25) is 4.79 Å². The molecule has 0 saturated heterocycles. The van der Waals surface area contributed by atoms with Gasteiger partial charge in [0.25, 0.3) is 0 Å². The van der Waals surface area contributed by atoms with Crippen molar-refractivity contribution in [3.63, 3.8) is 0 Å². The summed E-state index contributed by atoms with van der Waals surface area (Å²) in [7, 11) is 3.68. The summed E-state index contributed by atoms with van der Waals surface area (Å²) in [6.07, 6.45) is 5.63. The number of nitrogens with zero attached hydrogens (tertiary/aromatic N) is 1. The van der Waals surface area contributed by atoms with Crippen LogP contribution in [0.25, 0.3) is 5.57 Å². The van der Waals surface area contributed by atoms with Gasteiger partial charge in [-0.05, 0) is 76.5 Å². The van der Waals surface area contributed by atoms with Crippen LogP contribution in [-0.2, 0) is 4.79 Å². The number of benzene rings is 2. The Labute approximate surface area is 175 Å². The third-order valence-corrected chi connectivity index (χ3v) is 9.33. The molecule has 0 saturated carbocycles. The monoisotopic (exact) mass is 402 g/mol. The van der Waals surface area contributed by atoms with E-state index in [1.165, 1.54) is 51.0 Å². The molecule has 0 spiro atoms. The van der Waals surface area contributed by atoms with Crippen molar-refractivity contribution in [3.8, 4) is 0 Å². The summed E-state index contributed by atoms with van der Waals surface area (Å²) in [4.78, 5) is 14.4. The highest BCUT2D eigenvalue weighted by Gasteiger charge is 2.40. The molecule has 29 heavy (non-hydrogen) atoms. The van der Waals surface area contributed by atoms with E-state index in [1.807, 2.05) is 12.2 Å². The fourth-order valence-corrected chi connectivity index (χ4v) is 7.30. The van der Waals surface area contributed by atoms with Gasteiger partial charge >= 0.3 is 0 Å². The van der Waals surface area contributed by atoms with Crippen molar-refractivity contribution in [2.24, 2.45) is 5.73 Å². The van der Waals surface area contributed by atoms with Crippen LogP contribution >= 0.6 is 0 Å². The minimum absolute atomic E-state index is 0.102. The fourth-order valence-electron chi connectivity index (χ4n) is 4.24. The van der Waals surface area contributed by atoms with E-state index >= 15 is 0 Å². The Morgan fingerprint density at radius 1 is 0.931 bits per heavy atom. The van der Waals surface area contributed by atoms with Crippen LogP contribution in [0.15, 0.2) is 71.5 Å². The van der Waals surface area contributed by atoms with Crippen LogP contribution in [0.2, 0.25) is 13.1 Å². The van der Waals surface area contributed by atoms with Crippen LogP contribution in [0.4, 0.5) is 5.69 Å². The first-order valence-corrected chi connectivity index (χ1v) is 13.0. The fraction of sp³-hybridized carbons (Fsp3) is 0.240. The van der Waals surface area contributed by atoms with E-state index in [0.29, 0.717) is 0 Å². The second kappa shape index (κ2) is 7.97. The summed E-state index contributed by atoms with van der Waals surface area (Å²) in [5, 5.41) is 2.65. The zero-order valence-corrected chi connectivity index (χ0v) is 19.2. The molecule has 2 aliphatic rings. The Morgan fingerprint density at radius 2 is 1.62 bits per heavy atom. The average Bonchev–Trinajstić information content (AvgIpc) is 2.71. The lowest BCUT2D eigenvalue weighted by Crippen LogP contribution is -2.49. The van der Waals surface area contributed by atoms with E-state index in [0.717, 1.165) is 0 Å². The molecule has 4 heteroatoms. The van der Waals surface area contributed by atoms with Gasteiger partial charge in [0.2, 0.25) is 0 Å². The van der Waals surface area contributed by atoms with Crippen molar-refractivity contribution in [2.75, 3.05) is 26.0 Å². The van der Waals surface area contributed by atoms with Gasteiger partial charge < -0.3 is 10.6 Å². The molecule has 1 aliphatic carbocycles. The lowest BCUT2D eigenvalue weighted by molar-refractivity contribution is -0.110. The molecule has 0 unspecified atom stereocenters. The SMILES string of the molecule is CN.Cc1ccccc1C1=C2C=CC(=O)C=C2[Si](C)(C)c2cc(N(C)C)ccc21. The highest BCUT2D eigenvalue weighted by atomic mass is 28.3. The molecule has 0 aromatic heterocycles. The number of anilines is 1. The Bertz CT molecular complexity index is 1060. The van der Waals surface area contributed by atoms with Crippen LogP contribution < -0.4 is 15.8 Å². The average molecular weight is 403 g/mol. The number of nitrogens with two attached hydrogens (primary N) is 1. The summed E-state index contributed by atoms with van der Waals surface area (Å²) >= 11 is 0. The van der Waals surface area contributed by atoms with Gasteiger partial charge in [-0.1, -0.05) is 49.5 Å². The number of carbonyl (C=O) groups excluding carboxylic acids is 1. The Morgan fingerprint density at radius 3 is 2.28 bits per heavy atom. The van der Waals surface area contributed by atoms with Gasteiger partial charge in [-0.15, -0.1) is 0 Å². The normalized spacial score (nSPS) is 16.4. The highest BCUT2D eigenvalue weighted by Crippen LogP contribution is 2.42. The third kappa shape index (κ3) is 3.54. The van der Waals surface area contributed by atoms with Gasteiger partial charge in [-0.25, -0.2) is 0 Å². The molecule has 3 nitrogen and oxygen atoms in total. The Balaban J connectivity index is 0.00000117. The molecule has 1 heterocycles. The number of hydrogen-bond acceptors (Lipinski definition) is 3. The molecule has 0 atom stereocenters.